The van der Waals surface area contributed by atoms with E-state index in [0.717, 1.165) is 11.3 Å². The van der Waals surface area contributed by atoms with Crippen molar-refractivity contribution in [2.24, 2.45) is 0 Å². The van der Waals surface area contributed by atoms with E-state index in [-0.39, 0.29) is 0 Å². The average Bonchev–Trinajstić information content (AvgIpc) is 2.58. The van der Waals surface area contributed by atoms with Crippen LogP contribution in [0.15, 0.2) is 36.6 Å². The lowest BCUT2D eigenvalue weighted by Crippen LogP contribution is -2.21. The molecule has 56 valence electrons. The summed E-state index contributed by atoms with van der Waals surface area (Å²) in [7, 11) is 0. The Labute approximate surface area is 64.6 Å². The molecule has 0 saturated heterocycles. The van der Waals surface area contributed by atoms with Crippen LogP contribution >= 0.6 is 0 Å². The maximum Gasteiger partial charge on any atom is 0.138 e. The van der Waals surface area contributed by atoms with Crippen LogP contribution in [-0.4, -0.2) is 0 Å². The molecule has 0 aliphatic carbocycles. The molecule has 0 saturated carbocycles. The van der Waals surface area contributed by atoms with Gasteiger partial charge in [-0.3, -0.25) is 5.43 Å². The molecule has 0 amide bonds. The summed E-state index contributed by atoms with van der Waals surface area (Å²) >= 11 is 0. The zero-order valence-electron chi connectivity index (χ0n) is 5.87. The fraction of sp³-hybridized carbons (Fsp3) is 0. The zero-order chi connectivity index (χ0) is 7.52. The van der Waals surface area contributed by atoms with Crippen LogP contribution in [0.2, 0.25) is 0 Å². The van der Waals surface area contributed by atoms with E-state index in [2.05, 4.69) is 11.0 Å². The Morgan fingerprint density at radius 1 is 1.09 bits per heavy atom. The lowest BCUT2D eigenvalue weighted by atomic mass is 10.2. The summed E-state index contributed by atoms with van der Waals surface area (Å²) in [6.45, 7) is 0. The van der Waals surface area contributed by atoms with Crippen molar-refractivity contribution in [3.8, 4) is 0 Å². The van der Waals surface area contributed by atoms with Crippen molar-refractivity contribution in [2.45, 2.75) is 0 Å². The highest BCUT2D eigenvalue weighted by Crippen LogP contribution is 2.11. The minimum Gasteiger partial charge on any atom is -0.395 e. The highest BCUT2D eigenvalue weighted by Gasteiger charge is 2.04. The van der Waals surface area contributed by atoms with Gasteiger partial charge in [0.25, 0.3) is 0 Å². The predicted octanol–water partition coefficient (Wildman–Crippen LogP) is 1.02. The van der Waals surface area contributed by atoms with Crippen molar-refractivity contribution in [1.29, 1.82) is 0 Å². The van der Waals surface area contributed by atoms with E-state index in [9.17, 15) is 0 Å². The summed E-state index contributed by atoms with van der Waals surface area (Å²) < 4.78 is 0. The Bertz CT molecular complexity index is 269. The minimum atomic E-state index is 0.950. The molecule has 0 unspecified atom stereocenters. The highest BCUT2D eigenvalue weighted by molar-refractivity contribution is 5.62. The second-order valence-electron chi connectivity index (χ2n) is 2.24. The van der Waals surface area contributed by atoms with Crippen molar-refractivity contribution in [1.82, 2.24) is 11.0 Å². The topological polar surface area (TPSA) is 33.3 Å². The van der Waals surface area contributed by atoms with Gasteiger partial charge in [-0.1, -0.05) is 35.9 Å². The van der Waals surface area contributed by atoms with Gasteiger partial charge in [0, 0.05) is 5.56 Å². The van der Waals surface area contributed by atoms with Crippen LogP contribution in [0.25, 0.3) is 5.70 Å². The lowest BCUT2D eigenvalue weighted by Gasteiger charge is -1.99. The van der Waals surface area contributed by atoms with Crippen LogP contribution in [-0.2, 0) is 4.84 Å². The van der Waals surface area contributed by atoms with Crippen molar-refractivity contribution in [3.63, 3.8) is 0 Å². The van der Waals surface area contributed by atoms with Gasteiger partial charge < -0.3 is 4.84 Å². The first-order chi connectivity index (χ1) is 5.47. The third kappa shape index (κ3) is 1.18. The first-order valence-electron chi connectivity index (χ1n) is 3.39. The molecular weight excluding hydrogens is 140 g/mol. The Balaban J connectivity index is 2.29. The van der Waals surface area contributed by atoms with Crippen molar-refractivity contribution < 1.29 is 4.84 Å². The van der Waals surface area contributed by atoms with Crippen molar-refractivity contribution in [2.75, 3.05) is 0 Å². The van der Waals surface area contributed by atoms with E-state index in [1.807, 2.05) is 30.3 Å². The molecule has 3 nitrogen and oxygen atoms in total. The molecule has 0 bridgehead atoms. The van der Waals surface area contributed by atoms with E-state index < -0.39 is 0 Å². The minimum absolute atomic E-state index is 0.950. The molecule has 2 N–H and O–H groups in total. The summed E-state index contributed by atoms with van der Waals surface area (Å²) in [5.74, 6) is 0. The molecule has 1 aliphatic rings. The molecule has 0 aromatic heterocycles. The molecule has 3 heteroatoms. The summed E-state index contributed by atoms with van der Waals surface area (Å²) in [6.07, 6.45) is 1.63. The van der Waals surface area contributed by atoms with Gasteiger partial charge >= 0.3 is 0 Å². The third-order valence-corrected chi connectivity index (χ3v) is 1.51. The van der Waals surface area contributed by atoms with Crippen LogP contribution in [0.5, 0.6) is 0 Å². The second-order valence-corrected chi connectivity index (χ2v) is 2.24. The fourth-order valence-electron chi connectivity index (χ4n) is 0.960. The predicted molar refractivity (Wildman–Crippen MR) is 41.8 cm³/mol. The van der Waals surface area contributed by atoms with E-state index in [1.54, 1.807) is 6.26 Å². The van der Waals surface area contributed by atoms with Crippen LogP contribution < -0.4 is 11.0 Å². The Hall–Kier alpha value is -1.48. The zero-order valence-corrected chi connectivity index (χ0v) is 5.87. The van der Waals surface area contributed by atoms with Gasteiger partial charge in [-0.05, 0) is 0 Å². The monoisotopic (exact) mass is 148 g/mol. The molecule has 1 aliphatic heterocycles. The Morgan fingerprint density at radius 2 is 1.91 bits per heavy atom. The van der Waals surface area contributed by atoms with E-state index in [0.29, 0.717) is 0 Å². The standard InChI is InChI=1S/C8H8N2O/c1-2-4-7(5-3-1)8-6-11-10-9-8/h1-6,9-10H. The summed E-state index contributed by atoms with van der Waals surface area (Å²) in [5.41, 5.74) is 7.45. The van der Waals surface area contributed by atoms with Gasteiger partial charge in [-0.15, -0.1) is 0 Å². The smallest absolute Gasteiger partial charge is 0.138 e. The summed E-state index contributed by atoms with van der Waals surface area (Å²) in [6, 6.07) is 9.96. The quantitative estimate of drug-likeness (QED) is 0.624. The van der Waals surface area contributed by atoms with Gasteiger partial charge in [0.15, 0.2) is 0 Å². The Kier molecular flexibility index (Phi) is 1.50. The largest absolute Gasteiger partial charge is 0.395 e. The van der Waals surface area contributed by atoms with Crippen molar-refractivity contribution in [3.05, 3.63) is 42.2 Å². The SMILES string of the molecule is C1=C(c2ccccc2)NNO1. The van der Waals surface area contributed by atoms with Crippen molar-refractivity contribution >= 4 is 5.70 Å². The molecule has 0 fully saturated rings. The van der Waals surface area contributed by atoms with Crippen LogP contribution in [0.1, 0.15) is 5.56 Å². The Morgan fingerprint density at radius 3 is 2.55 bits per heavy atom. The molecule has 1 heterocycles. The van der Waals surface area contributed by atoms with Gasteiger partial charge in [0.05, 0.1) is 5.70 Å². The third-order valence-electron chi connectivity index (χ3n) is 1.51. The highest BCUT2D eigenvalue weighted by atomic mass is 16.7. The van der Waals surface area contributed by atoms with Crippen LogP contribution in [0.3, 0.4) is 0 Å². The normalized spacial score (nSPS) is 15.1. The van der Waals surface area contributed by atoms with Gasteiger partial charge in [0.2, 0.25) is 0 Å². The molecule has 0 radical (unpaired) electrons. The molecule has 2 rings (SSSR count). The first kappa shape index (κ1) is 6.24. The van der Waals surface area contributed by atoms with Crippen LogP contribution in [0, 0.1) is 0 Å². The second kappa shape index (κ2) is 2.64. The van der Waals surface area contributed by atoms with Gasteiger partial charge in [0.1, 0.15) is 6.26 Å². The molecule has 0 atom stereocenters. The first-order valence-corrected chi connectivity index (χ1v) is 3.39. The number of rotatable bonds is 1. The summed E-state index contributed by atoms with van der Waals surface area (Å²) in [4.78, 5) is 4.79. The maximum absolute atomic E-state index is 4.79. The van der Waals surface area contributed by atoms with Gasteiger partial charge in [-0.25, -0.2) is 0 Å². The van der Waals surface area contributed by atoms with E-state index in [4.69, 9.17) is 4.84 Å². The molecule has 1 aromatic carbocycles. The fourth-order valence-corrected chi connectivity index (χ4v) is 0.960. The molecule has 11 heavy (non-hydrogen) atoms. The summed E-state index contributed by atoms with van der Waals surface area (Å²) in [5, 5.41) is 0. The van der Waals surface area contributed by atoms with Gasteiger partial charge in [-0.2, -0.15) is 0 Å². The lowest BCUT2D eigenvalue weighted by molar-refractivity contribution is 0.138. The van der Waals surface area contributed by atoms with Crippen LogP contribution in [0.4, 0.5) is 0 Å². The van der Waals surface area contributed by atoms with E-state index >= 15 is 0 Å². The number of hydrogen-bond donors (Lipinski definition) is 2. The molecule has 1 aromatic rings. The number of nitrogens with one attached hydrogen (secondary N) is 2. The number of hydrogen-bond acceptors (Lipinski definition) is 3. The maximum atomic E-state index is 4.79. The average molecular weight is 148 g/mol. The van der Waals surface area contributed by atoms with E-state index in [1.165, 1.54) is 0 Å². The molecule has 0 spiro atoms. The number of hydrazine groups is 1. The molecular formula is C8H8N2O. The number of benzene rings is 1.